The molecular weight excluding hydrogens is 226 g/mol. The third kappa shape index (κ3) is 2.70. The van der Waals surface area contributed by atoms with Gasteiger partial charge in [-0.1, -0.05) is 31.0 Å². The maximum Gasteiger partial charge on any atom is 0.0386 e. The largest absolute Gasteiger partial charge is 0.309 e. The highest BCUT2D eigenvalue weighted by Crippen LogP contribution is 2.33. The van der Waals surface area contributed by atoms with Crippen LogP contribution in [0.25, 0.3) is 10.1 Å². The summed E-state index contributed by atoms with van der Waals surface area (Å²) in [6.45, 7) is 3.44. The minimum Gasteiger partial charge on any atom is -0.309 e. The summed E-state index contributed by atoms with van der Waals surface area (Å²) in [5, 5.41) is 5.02. The monoisotopic (exact) mass is 245 g/mol. The first-order valence-corrected chi connectivity index (χ1v) is 7.36. The van der Waals surface area contributed by atoms with Crippen LogP contribution < -0.4 is 5.32 Å². The summed E-state index contributed by atoms with van der Waals surface area (Å²) in [7, 11) is 0. The smallest absolute Gasteiger partial charge is 0.0386 e. The second-order valence-electron chi connectivity index (χ2n) is 5.09. The number of hydrogen-bond donors (Lipinski definition) is 1. The van der Waals surface area contributed by atoms with Crippen LogP contribution in [0, 0.1) is 5.92 Å². The van der Waals surface area contributed by atoms with E-state index in [1.54, 1.807) is 0 Å². The molecule has 0 spiro atoms. The van der Waals surface area contributed by atoms with E-state index < -0.39 is 0 Å². The molecule has 90 valence electrons. The van der Waals surface area contributed by atoms with Gasteiger partial charge in [0.25, 0.3) is 0 Å². The van der Waals surface area contributed by atoms with Gasteiger partial charge in [0.05, 0.1) is 0 Å². The van der Waals surface area contributed by atoms with Gasteiger partial charge in [0, 0.05) is 15.6 Å². The fraction of sp³-hybridized carbons (Fsp3) is 0.467. The highest BCUT2D eigenvalue weighted by molar-refractivity contribution is 7.19. The Bertz CT molecular complexity index is 465. The van der Waals surface area contributed by atoms with Crippen LogP contribution in [0.1, 0.15) is 37.1 Å². The molecule has 1 aliphatic rings. The average molecular weight is 245 g/mol. The molecule has 2 aromatic rings. The normalized spacial score (nSPS) is 17.5. The first-order valence-electron chi connectivity index (χ1n) is 6.55. The quantitative estimate of drug-likeness (QED) is 0.825. The lowest BCUT2D eigenvalue weighted by Gasteiger charge is -2.11. The first-order chi connectivity index (χ1) is 8.33. The van der Waals surface area contributed by atoms with Crippen LogP contribution in [0.2, 0.25) is 0 Å². The van der Waals surface area contributed by atoms with Gasteiger partial charge in [-0.2, -0.15) is 0 Å². The lowest BCUT2D eigenvalue weighted by Crippen LogP contribution is -2.19. The van der Waals surface area contributed by atoms with Gasteiger partial charge < -0.3 is 5.32 Å². The molecule has 1 N–H and O–H groups in total. The van der Waals surface area contributed by atoms with Crippen molar-refractivity contribution in [2.24, 2.45) is 5.92 Å². The maximum atomic E-state index is 3.64. The molecule has 1 nitrogen and oxygen atoms in total. The van der Waals surface area contributed by atoms with E-state index in [1.165, 1.54) is 40.8 Å². The summed E-state index contributed by atoms with van der Waals surface area (Å²) in [6, 6.07) is 11.5. The van der Waals surface area contributed by atoms with Crippen molar-refractivity contribution in [2.45, 2.75) is 32.2 Å². The first kappa shape index (κ1) is 11.2. The predicted molar refractivity (Wildman–Crippen MR) is 75.6 cm³/mol. The van der Waals surface area contributed by atoms with Crippen LogP contribution in [-0.2, 0) is 0 Å². The Kier molecular flexibility index (Phi) is 3.17. The summed E-state index contributed by atoms with van der Waals surface area (Å²) in [4.78, 5) is 1.46. The van der Waals surface area contributed by atoms with E-state index in [-0.39, 0.29) is 0 Å². The van der Waals surface area contributed by atoms with Crippen molar-refractivity contribution in [3.05, 3.63) is 35.2 Å². The van der Waals surface area contributed by atoms with Gasteiger partial charge in [0.2, 0.25) is 0 Å². The van der Waals surface area contributed by atoms with Crippen LogP contribution >= 0.6 is 11.3 Å². The van der Waals surface area contributed by atoms with Crippen molar-refractivity contribution < 1.29 is 0 Å². The minimum absolute atomic E-state index is 0.492. The van der Waals surface area contributed by atoms with Gasteiger partial charge >= 0.3 is 0 Å². The average Bonchev–Trinajstić information content (AvgIpc) is 3.06. The molecular formula is C15H19NS. The number of fused-ring (bicyclic) bond motifs is 1. The number of rotatable bonds is 5. The van der Waals surface area contributed by atoms with Gasteiger partial charge in [-0.25, -0.2) is 0 Å². The topological polar surface area (TPSA) is 12.0 Å². The Morgan fingerprint density at radius 3 is 2.94 bits per heavy atom. The van der Waals surface area contributed by atoms with Crippen LogP contribution in [0.3, 0.4) is 0 Å². The zero-order valence-electron chi connectivity index (χ0n) is 10.3. The summed E-state index contributed by atoms with van der Waals surface area (Å²) in [5.74, 6) is 1.03. The zero-order valence-corrected chi connectivity index (χ0v) is 11.1. The van der Waals surface area contributed by atoms with Gasteiger partial charge in [0.15, 0.2) is 0 Å². The zero-order chi connectivity index (χ0) is 11.7. The van der Waals surface area contributed by atoms with E-state index in [4.69, 9.17) is 0 Å². The van der Waals surface area contributed by atoms with Crippen molar-refractivity contribution in [2.75, 3.05) is 6.54 Å². The Morgan fingerprint density at radius 1 is 1.35 bits per heavy atom. The molecule has 1 aromatic heterocycles. The Morgan fingerprint density at radius 2 is 2.18 bits per heavy atom. The number of hydrogen-bond acceptors (Lipinski definition) is 2. The molecule has 1 atom stereocenters. The fourth-order valence-electron chi connectivity index (χ4n) is 2.23. The highest BCUT2D eigenvalue weighted by Gasteiger charge is 2.20. The molecule has 17 heavy (non-hydrogen) atoms. The fourth-order valence-corrected chi connectivity index (χ4v) is 3.32. The summed E-state index contributed by atoms with van der Waals surface area (Å²) in [5.41, 5.74) is 0. The number of thiophene rings is 1. The Balaban J connectivity index is 1.64. The second kappa shape index (κ2) is 4.79. The lowest BCUT2D eigenvalue weighted by molar-refractivity contribution is 0.545. The van der Waals surface area contributed by atoms with Crippen molar-refractivity contribution in [1.82, 2.24) is 5.32 Å². The molecule has 1 saturated carbocycles. The van der Waals surface area contributed by atoms with Gasteiger partial charge in [-0.05, 0) is 43.3 Å². The maximum absolute atomic E-state index is 3.64. The van der Waals surface area contributed by atoms with E-state index >= 15 is 0 Å². The van der Waals surface area contributed by atoms with Crippen molar-refractivity contribution in [1.29, 1.82) is 0 Å². The highest BCUT2D eigenvalue weighted by atomic mass is 32.1. The number of benzene rings is 1. The van der Waals surface area contributed by atoms with E-state index in [9.17, 15) is 0 Å². The van der Waals surface area contributed by atoms with Gasteiger partial charge in [0.1, 0.15) is 0 Å². The molecule has 0 bridgehead atoms. The van der Waals surface area contributed by atoms with Crippen LogP contribution in [0.5, 0.6) is 0 Å². The molecule has 0 aliphatic heterocycles. The molecule has 0 saturated heterocycles. The molecule has 1 fully saturated rings. The SMILES string of the molecule is CC(NCCC1CC1)c1cc2ccccc2s1. The minimum atomic E-state index is 0.492. The van der Waals surface area contributed by atoms with E-state index in [0.717, 1.165) is 5.92 Å². The predicted octanol–water partition coefficient (Wildman–Crippen LogP) is 4.35. The molecule has 0 radical (unpaired) electrons. The van der Waals surface area contributed by atoms with Gasteiger partial charge in [-0.15, -0.1) is 11.3 Å². The molecule has 0 amide bonds. The molecule has 1 aromatic carbocycles. The molecule has 2 heteroatoms. The third-order valence-corrected chi connectivity index (χ3v) is 4.87. The summed E-state index contributed by atoms with van der Waals surface area (Å²) >= 11 is 1.92. The standard InChI is InChI=1S/C15H19NS/c1-11(16-9-8-12-6-7-12)15-10-13-4-2-3-5-14(13)17-15/h2-5,10-12,16H,6-9H2,1H3. The second-order valence-corrected chi connectivity index (χ2v) is 6.21. The van der Waals surface area contributed by atoms with E-state index in [2.05, 4.69) is 42.6 Å². The van der Waals surface area contributed by atoms with Crippen LogP contribution in [0.15, 0.2) is 30.3 Å². The van der Waals surface area contributed by atoms with Crippen LogP contribution in [0.4, 0.5) is 0 Å². The van der Waals surface area contributed by atoms with E-state index in [0.29, 0.717) is 6.04 Å². The van der Waals surface area contributed by atoms with Crippen molar-refractivity contribution in [3.63, 3.8) is 0 Å². The lowest BCUT2D eigenvalue weighted by atomic mass is 10.2. The number of nitrogens with one attached hydrogen (secondary N) is 1. The Hall–Kier alpha value is -0.860. The van der Waals surface area contributed by atoms with Crippen molar-refractivity contribution in [3.8, 4) is 0 Å². The van der Waals surface area contributed by atoms with Crippen molar-refractivity contribution >= 4 is 21.4 Å². The van der Waals surface area contributed by atoms with E-state index in [1.807, 2.05) is 11.3 Å². The Labute approximate surface area is 107 Å². The molecule has 1 heterocycles. The molecule has 1 unspecified atom stereocenters. The molecule has 3 rings (SSSR count). The summed E-state index contributed by atoms with van der Waals surface area (Å²) < 4.78 is 1.40. The van der Waals surface area contributed by atoms with Crippen LogP contribution in [-0.4, -0.2) is 6.54 Å². The third-order valence-electron chi connectivity index (χ3n) is 3.57. The summed E-state index contributed by atoms with van der Waals surface area (Å²) in [6.07, 6.45) is 4.27. The van der Waals surface area contributed by atoms with Gasteiger partial charge in [-0.3, -0.25) is 0 Å². The molecule has 1 aliphatic carbocycles.